The molecule has 1 saturated heterocycles. The van der Waals surface area contributed by atoms with E-state index in [4.69, 9.17) is 0 Å². The number of hydrogen-bond donors (Lipinski definition) is 3. The fraction of sp³-hybridized carbons (Fsp3) is 0.333. The number of hydrogen-bond acceptors (Lipinski definition) is 3. The van der Waals surface area contributed by atoms with E-state index in [1.165, 1.54) is 12.1 Å². The molecule has 2 rings (SSSR count). The van der Waals surface area contributed by atoms with Gasteiger partial charge in [0.2, 0.25) is 11.8 Å². The quantitative estimate of drug-likeness (QED) is 0.701. The van der Waals surface area contributed by atoms with E-state index in [0.29, 0.717) is 5.69 Å². The van der Waals surface area contributed by atoms with Crippen LogP contribution in [0, 0.1) is 12.7 Å². The molecule has 1 atom stereocenters. The Morgan fingerprint density at radius 2 is 2.28 bits per heavy atom. The van der Waals surface area contributed by atoms with E-state index in [0.717, 1.165) is 5.56 Å². The first-order chi connectivity index (χ1) is 8.56. The molecule has 0 bridgehead atoms. The van der Waals surface area contributed by atoms with Gasteiger partial charge in [0.15, 0.2) is 0 Å². The topological polar surface area (TPSA) is 70.2 Å². The molecule has 6 heteroatoms. The summed E-state index contributed by atoms with van der Waals surface area (Å²) in [6.45, 7) is 2.13. The summed E-state index contributed by atoms with van der Waals surface area (Å²) < 4.78 is 13.1. The molecule has 0 radical (unpaired) electrons. The Morgan fingerprint density at radius 1 is 1.50 bits per heavy atom. The number of benzene rings is 1. The normalized spacial score (nSPS) is 19.2. The number of aryl methyl sites for hydroxylation is 1. The molecule has 0 aromatic heterocycles. The molecule has 1 aromatic rings. The molecule has 18 heavy (non-hydrogen) atoms. The minimum atomic E-state index is -0.495. The molecule has 5 nitrogen and oxygen atoms in total. The van der Waals surface area contributed by atoms with Crippen molar-refractivity contribution < 1.29 is 14.0 Å². The molecule has 1 heterocycles. The van der Waals surface area contributed by atoms with Crippen molar-refractivity contribution in [2.75, 3.05) is 18.4 Å². The van der Waals surface area contributed by atoms with E-state index >= 15 is 0 Å². The number of carbonyl (C=O) groups excluding carboxylic acids is 2. The van der Waals surface area contributed by atoms with Crippen LogP contribution in [0.5, 0.6) is 0 Å². The minimum Gasteiger partial charge on any atom is -0.353 e. The second kappa shape index (κ2) is 5.14. The van der Waals surface area contributed by atoms with Gasteiger partial charge in [0.05, 0.1) is 6.54 Å². The standard InChI is InChI=1S/C12H14FN3O2/c1-7-2-3-8(13)4-9(7)16-12(18)10-5-15-11(17)6-14-10/h2-4,10,14H,5-6H2,1H3,(H,15,17)(H,16,18). The number of halogens is 1. The van der Waals surface area contributed by atoms with Crippen LogP contribution in [0.2, 0.25) is 0 Å². The lowest BCUT2D eigenvalue weighted by atomic mass is 10.1. The average molecular weight is 251 g/mol. The van der Waals surface area contributed by atoms with Gasteiger partial charge in [-0.25, -0.2) is 4.39 Å². The van der Waals surface area contributed by atoms with Crippen LogP contribution < -0.4 is 16.0 Å². The van der Waals surface area contributed by atoms with Gasteiger partial charge in [-0.2, -0.15) is 0 Å². The van der Waals surface area contributed by atoms with Gasteiger partial charge in [0.25, 0.3) is 0 Å². The maximum Gasteiger partial charge on any atom is 0.243 e. The lowest BCUT2D eigenvalue weighted by Gasteiger charge is -2.23. The van der Waals surface area contributed by atoms with Crippen LogP contribution in [0.4, 0.5) is 10.1 Å². The fourth-order valence-electron chi connectivity index (χ4n) is 1.70. The molecule has 1 aliphatic heterocycles. The number of carbonyl (C=O) groups is 2. The third kappa shape index (κ3) is 2.84. The second-order valence-electron chi connectivity index (χ2n) is 4.19. The molecule has 1 aromatic carbocycles. The zero-order valence-corrected chi connectivity index (χ0v) is 9.92. The van der Waals surface area contributed by atoms with Crippen LogP contribution in [0.1, 0.15) is 5.56 Å². The highest BCUT2D eigenvalue weighted by atomic mass is 19.1. The molecular weight excluding hydrogens is 237 g/mol. The van der Waals surface area contributed by atoms with Crippen molar-refractivity contribution in [1.29, 1.82) is 0 Å². The predicted octanol–water partition coefficient (Wildman–Crippen LogP) is 0.161. The van der Waals surface area contributed by atoms with Crippen molar-refractivity contribution in [3.05, 3.63) is 29.6 Å². The van der Waals surface area contributed by atoms with Gasteiger partial charge in [0, 0.05) is 12.2 Å². The minimum absolute atomic E-state index is 0.111. The van der Waals surface area contributed by atoms with E-state index in [1.54, 1.807) is 13.0 Å². The summed E-state index contributed by atoms with van der Waals surface area (Å²) >= 11 is 0. The smallest absolute Gasteiger partial charge is 0.243 e. The van der Waals surface area contributed by atoms with E-state index in [-0.39, 0.29) is 24.9 Å². The molecule has 3 N–H and O–H groups in total. The molecule has 0 saturated carbocycles. The first-order valence-corrected chi connectivity index (χ1v) is 5.63. The first-order valence-electron chi connectivity index (χ1n) is 5.63. The summed E-state index contributed by atoms with van der Waals surface area (Å²) in [5.74, 6) is -0.828. The van der Waals surface area contributed by atoms with Crippen molar-refractivity contribution in [3.8, 4) is 0 Å². The lowest BCUT2D eigenvalue weighted by molar-refractivity contribution is -0.124. The highest BCUT2D eigenvalue weighted by Gasteiger charge is 2.23. The first kappa shape index (κ1) is 12.5. The summed E-state index contributed by atoms with van der Waals surface area (Å²) in [6.07, 6.45) is 0. The van der Waals surface area contributed by atoms with Gasteiger partial charge >= 0.3 is 0 Å². The third-order valence-electron chi connectivity index (χ3n) is 2.79. The molecule has 2 amide bonds. The van der Waals surface area contributed by atoms with E-state index < -0.39 is 11.9 Å². The Kier molecular flexibility index (Phi) is 3.57. The SMILES string of the molecule is Cc1ccc(F)cc1NC(=O)C1CNC(=O)CN1. The largest absolute Gasteiger partial charge is 0.353 e. The van der Waals surface area contributed by atoms with E-state index in [1.807, 2.05) is 0 Å². The van der Waals surface area contributed by atoms with Gasteiger partial charge in [-0.15, -0.1) is 0 Å². The Labute approximate surface area is 104 Å². The number of rotatable bonds is 2. The predicted molar refractivity (Wildman–Crippen MR) is 64.6 cm³/mol. The summed E-state index contributed by atoms with van der Waals surface area (Å²) in [4.78, 5) is 22.8. The maximum absolute atomic E-state index is 13.1. The summed E-state index contributed by atoms with van der Waals surface area (Å²) in [7, 11) is 0. The highest BCUT2D eigenvalue weighted by molar-refractivity contribution is 5.97. The molecule has 1 fully saturated rings. The Bertz CT molecular complexity index is 480. The van der Waals surface area contributed by atoms with Crippen LogP contribution in [-0.4, -0.2) is 30.9 Å². The molecule has 96 valence electrons. The lowest BCUT2D eigenvalue weighted by Crippen LogP contribution is -2.56. The van der Waals surface area contributed by atoms with Crippen molar-refractivity contribution in [3.63, 3.8) is 0 Å². The van der Waals surface area contributed by atoms with E-state index in [9.17, 15) is 14.0 Å². The molecule has 1 aliphatic rings. The molecule has 1 unspecified atom stereocenters. The van der Waals surface area contributed by atoms with Gasteiger partial charge in [-0.1, -0.05) is 6.07 Å². The Morgan fingerprint density at radius 3 is 2.94 bits per heavy atom. The Hall–Kier alpha value is -1.95. The van der Waals surface area contributed by atoms with Gasteiger partial charge < -0.3 is 10.6 Å². The van der Waals surface area contributed by atoms with Crippen LogP contribution in [0.25, 0.3) is 0 Å². The zero-order chi connectivity index (χ0) is 13.1. The Balaban J connectivity index is 2.02. The van der Waals surface area contributed by atoms with Crippen molar-refractivity contribution >= 4 is 17.5 Å². The van der Waals surface area contributed by atoms with Gasteiger partial charge in [-0.05, 0) is 24.6 Å². The van der Waals surface area contributed by atoms with Crippen LogP contribution >= 0.6 is 0 Å². The van der Waals surface area contributed by atoms with E-state index in [2.05, 4.69) is 16.0 Å². The molecule has 0 aliphatic carbocycles. The summed E-state index contributed by atoms with van der Waals surface area (Å²) in [6, 6.07) is 3.71. The molecule has 0 spiro atoms. The monoisotopic (exact) mass is 251 g/mol. The van der Waals surface area contributed by atoms with Crippen LogP contribution in [-0.2, 0) is 9.59 Å². The number of piperazine rings is 1. The second-order valence-corrected chi connectivity index (χ2v) is 4.19. The zero-order valence-electron chi connectivity index (χ0n) is 9.92. The fourth-order valence-corrected chi connectivity index (χ4v) is 1.70. The van der Waals surface area contributed by atoms with Crippen molar-refractivity contribution in [1.82, 2.24) is 10.6 Å². The highest BCUT2D eigenvalue weighted by Crippen LogP contribution is 2.16. The van der Waals surface area contributed by atoms with Crippen molar-refractivity contribution in [2.24, 2.45) is 0 Å². The number of anilines is 1. The van der Waals surface area contributed by atoms with Gasteiger partial charge in [-0.3, -0.25) is 14.9 Å². The third-order valence-corrected chi connectivity index (χ3v) is 2.79. The molecular formula is C12H14FN3O2. The average Bonchev–Trinajstić information content (AvgIpc) is 2.34. The van der Waals surface area contributed by atoms with Gasteiger partial charge in [0.1, 0.15) is 11.9 Å². The van der Waals surface area contributed by atoms with Crippen molar-refractivity contribution in [2.45, 2.75) is 13.0 Å². The van der Waals surface area contributed by atoms with Crippen LogP contribution in [0.3, 0.4) is 0 Å². The summed E-state index contributed by atoms with van der Waals surface area (Å²) in [5, 5.41) is 8.04. The van der Waals surface area contributed by atoms with Crippen LogP contribution in [0.15, 0.2) is 18.2 Å². The number of amides is 2. The summed E-state index contributed by atoms with van der Waals surface area (Å²) in [5.41, 5.74) is 1.23. The number of nitrogens with one attached hydrogen (secondary N) is 3. The maximum atomic E-state index is 13.1.